The molecule has 0 bridgehead atoms. The highest BCUT2D eigenvalue weighted by molar-refractivity contribution is 5.71. The van der Waals surface area contributed by atoms with E-state index in [1.165, 1.54) is 10.9 Å². The number of nitrogens with one attached hydrogen (secondary N) is 1. The zero-order valence-electron chi connectivity index (χ0n) is 11.3. The van der Waals surface area contributed by atoms with Crippen molar-refractivity contribution in [2.24, 2.45) is 0 Å². The molecule has 0 atom stereocenters. The lowest BCUT2D eigenvalue weighted by Crippen LogP contribution is -2.34. The summed E-state index contributed by atoms with van der Waals surface area (Å²) in [5.74, 6) is -0.292. The Morgan fingerprint density at radius 2 is 2.24 bits per heavy atom. The van der Waals surface area contributed by atoms with Crippen LogP contribution in [0.5, 0.6) is 11.6 Å². The number of carbonyl (C=O) groups is 1. The van der Waals surface area contributed by atoms with Crippen molar-refractivity contribution >= 4 is 6.09 Å². The van der Waals surface area contributed by atoms with Crippen molar-refractivity contribution in [3.63, 3.8) is 0 Å². The van der Waals surface area contributed by atoms with E-state index in [0.717, 1.165) is 25.7 Å². The molecule has 1 saturated carbocycles. The standard InChI is InChI=1S/C13H15N5O3/c19-11-10(21-13(20)16-9-4-1-2-5-9)8-14-12(17-11)18-7-3-6-15-18/h3,6-9H,1-2,4-5H2,(H,16,20)(H,14,17,19). The van der Waals surface area contributed by atoms with Crippen LogP contribution >= 0.6 is 0 Å². The number of aromatic nitrogens is 4. The van der Waals surface area contributed by atoms with Crippen LogP contribution < -0.4 is 10.1 Å². The Labute approximate surface area is 120 Å². The van der Waals surface area contributed by atoms with Gasteiger partial charge in [-0.1, -0.05) is 12.8 Å². The first-order valence-corrected chi connectivity index (χ1v) is 6.77. The van der Waals surface area contributed by atoms with Gasteiger partial charge in [-0.15, -0.1) is 0 Å². The maximum atomic E-state index is 11.7. The Bertz CT molecular complexity index is 623. The van der Waals surface area contributed by atoms with Gasteiger partial charge in [-0.25, -0.2) is 14.5 Å². The van der Waals surface area contributed by atoms with E-state index in [1.807, 2.05) is 0 Å². The summed E-state index contributed by atoms with van der Waals surface area (Å²) in [6.45, 7) is 0. The van der Waals surface area contributed by atoms with Gasteiger partial charge in [0, 0.05) is 18.4 Å². The molecule has 1 aliphatic carbocycles. The SMILES string of the molecule is O=C(NC1CCCC1)Oc1cnc(-n2cccn2)nc1O. The zero-order chi connectivity index (χ0) is 14.7. The van der Waals surface area contributed by atoms with E-state index in [1.54, 1.807) is 18.5 Å². The van der Waals surface area contributed by atoms with Crippen molar-refractivity contribution in [2.45, 2.75) is 31.7 Å². The molecule has 8 heteroatoms. The summed E-state index contributed by atoms with van der Waals surface area (Å²) in [5.41, 5.74) is 0. The van der Waals surface area contributed by atoms with Gasteiger partial charge in [0.2, 0.25) is 5.75 Å². The van der Waals surface area contributed by atoms with E-state index in [2.05, 4.69) is 20.4 Å². The first-order valence-electron chi connectivity index (χ1n) is 6.77. The maximum Gasteiger partial charge on any atom is 0.413 e. The molecule has 2 heterocycles. The molecule has 0 radical (unpaired) electrons. The lowest BCUT2D eigenvalue weighted by molar-refractivity contribution is 0.193. The first kappa shape index (κ1) is 13.3. The molecular formula is C13H15N5O3. The number of carbonyl (C=O) groups excluding carboxylic acids is 1. The Kier molecular flexibility index (Phi) is 3.67. The second-order valence-corrected chi connectivity index (χ2v) is 4.82. The van der Waals surface area contributed by atoms with Crippen LogP contribution in [0.1, 0.15) is 25.7 Å². The smallest absolute Gasteiger partial charge is 0.413 e. The number of hydrogen-bond donors (Lipinski definition) is 2. The average Bonchev–Trinajstić information content (AvgIpc) is 3.13. The summed E-state index contributed by atoms with van der Waals surface area (Å²) >= 11 is 0. The minimum absolute atomic E-state index is 0.0820. The molecular weight excluding hydrogens is 274 g/mol. The summed E-state index contributed by atoms with van der Waals surface area (Å²) in [6, 6.07) is 1.85. The second kappa shape index (κ2) is 5.78. The van der Waals surface area contributed by atoms with E-state index in [-0.39, 0.29) is 17.7 Å². The van der Waals surface area contributed by atoms with E-state index in [0.29, 0.717) is 0 Å². The predicted molar refractivity (Wildman–Crippen MR) is 72.2 cm³/mol. The molecule has 3 rings (SSSR count). The Balaban J connectivity index is 1.66. The van der Waals surface area contributed by atoms with Crippen molar-refractivity contribution in [3.05, 3.63) is 24.7 Å². The van der Waals surface area contributed by atoms with E-state index in [4.69, 9.17) is 4.74 Å². The molecule has 8 nitrogen and oxygen atoms in total. The molecule has 0 spiro atoms. The summed E-state index contributed by atoms with van der Waals surface area (Å²) in [6.07, 6.45) is 7.98. The fourth-order valence-corrected chi connectivity index (χ4v) is 2.29. The minimum atomic E-state index is -0.604. The van der Waals surface area contributed by atoms with Gasteiger partial charge in [-0.2, -0.15) is 10.1 Å². The Morgan fingerprint density at radius 3 is 2.90 bits per heavy atom. The zero-order valence-corrected chi connectivity index (χ0v) is 11.3. The Hall–Kier alpha value is -2.64. The van der Waals surface area contributed by atoms with Crippen LogP contribution in [0.4, 0.5) is 4.79 Å². The van der Waals surface area contributed by atoms with Gasteiger partial charge in [0.15, 0.2) is 0 Å². The van der Waals surface area contributed by atoms with E-state index < -0.39 is 12.0 Å². The van der Waals surface area contributed by atoms with Crippen LogP contribution in [0.3, 0.4) is 0 Å². The molecule has 2 aromatic heterocycles. The van der Waals surface area contributed by atoms with Crippen LogP contribution in [0.15, 0.2) is 24.7 Å². The van der Waals surface area contributed by atoms with Crippen molar-refractivity contribution in [2.75, 3.05) is 0 Å². The third kappa shape index (κ3) is 3.10. The van der Waals surface area contributed by atoms with Crippen LogP contribution in [-0.4, -0.2) is 37.0 Å². The molecule has 1 fully saturated rings. The number of hydrogen-bond acceptors (Lipinski definition) is 6. The lowest BCUT2D eigenvalue weighted by atomic mass is 10.3. The molecule has 0 unspecified atom stereocenters. The summed E-state index contributed by atoms with van der Waals surface area (Å²) in [7, 11) is 0. The number of amides is 1. The third-order valence-corrected chi connectivity index (χ3v) is 3.31. The summed E-state index contributed by atoms with van der Waals surface area (Å²) in [4.78, 5) is 19.5. The Morgan fingerprint density at radius 1 is 1.43 bits per heavy atom. The van der Waals surface area contributed by atoms with Crippen LogP contribution in [0.2, 0.25) is 0 Å². The third-order valence-electron chi connectivity index (χ3n) is 3.31. The number of nitrogens with zero attached hydrogens (tertiary/aromatic N) is 4. The first-order chi connectivity index (χ1) is 10.2. The van der Waals surface area contributed by atoms with Gasteiger partial charge in [0.1, 0.15) is 0 Å². The summed E-state index contributed by atoms with van der Waals surface area (Å²) < 4.78 is 6.42. The monoisotopic (exact) mass is 289 g/mol. The molecule has 0 aliphatic heterocycles. The topological polar surface area (TPSA) is 102 Å². The quantitative estimate of drug-likeness (QED) is 0.885. The van der Waals surface area contributed by atoms with Crippen LogP contribution in [0.25, 0.3) is 5.95 Å². The molecule has 0 aromatic carbocycles. The number of aromatic hydroxyl groups is 1. The van der Waals surface area contributed by atoms with Gasteiger partial charge in [-0.3, -0.25) is 0 Å². The van der Waals surface area contributed by atoms with Gasteiger partial charge < -0.3 is 15.2 Å². The summed E-state index contributed by atoms with van der Waals surface area (Å²) in [5, 5.41) is 16.5. The second-order valence-electron chi connectivity index (χ2n) is 4.82. The van der Waals surface area contributed by atoms with Gasteiger partial charge in [0.25, 0.3) is 11.8 Å². The van der Waals surface area contributed by atoms with Crippen molar-refractivity contribution < 1.29 is 14.6 Å². The fourth-order valence-electron chi connectivity index (χ4n) is 2.29. The highest BCUT2D eigenvalue weighted by atomic mass is 16.6. The predicted octanol–water partition coefficient (Wildman–Crippen LogP) is 1.40. The van der Waals surface area contributed by atoms with Crippen molar-refractivity contribution in [1.82, 2.24) is 25.1 Å². The van der Waals surface area contributed by atoms with Crippen LogP contribution in [0, 0.1) is 0 Å². The lowest BCUT2D eigenvalue weighted by Gasteiger charge is -2.12. The molecule has 2 aromatic rings. The van der Waals surface area contributed by atoms with Crippen LogP contribution in [-0.2, 0) is 0 Å². The number of ether oxygens (including phenoxy) is 1. The highest BCUT2D eigenvalue weighted by Crippen LogP contribution is 2.23. The van der Waals surface area contributed by atoms with Crippen molar-refractivity contribution in [3.8, 4) is 17.6 Å². The molecule has 21 heavy (non-hydrogen) atoms. The van der Waals surface area contributed by atoms with E-state index >= 15 is 0 Å². The van der Waals surface area contributed by atoms with Gasteiger partial charge in [0.05, 0.1) is 6.20 Å². The average molecular weight is 289 g/mol. The van der Waals surface area contributed by atoms with Gasteiger partial charge in [-0.05, 0) is 18.9 Å². The number of rotatable bonds is 3. The molecule has 1 aliphatic rings. The minimum Gasteiger partial charge on any atom is -0.491 e. The molecule has 1 amide bonds. The maximum absolute atomic E-state index is 11.7. The molecule has 110 valence electrons. The largest absolute Gasteiger partial charge is 0.491 e. The fraction of sp³-hybridized carbons (Fsp3) is 0.385. The molecule has 0 saturated heterocycles. The molecule has 2 N–H and O–H groups in total. The van der Waals surface area contributed by atoms with Crippen molar-refractivity contribution in [1.29, 1.82) is 0 Å². The van der Waals surface area contributed by atoms with Gasteiger partial charge >= 0.3 is 6.09 Å². The van der Waals surface area contributed by atoms with E-state index in [9.17, 15) is 9.90 Å². The highest BCUT2D eigenvalue weighted by Gasteiger charge is 2.19. The normalized spacial score (nSPS) is 15.0.